The van der Waals surface area contributed by atoms with E-state index in [1.165, 1.54) is 6.92 Å². The predicted octanol–water partition coefficient (Wildman–Crippen LogP) is 3.91. The smallest absolute Gasteiger partial charge is 0.339 e. The minimum Gasteiger partial charge on any atom is -0.490 e. The van der Waals surface area contributed by atoms with Crippen LogP contribution in [0.4, 0.5) is 0 Å². The SMILES string of the molecule is C=CC(=O)OCCCCC(COC1=CC2OC(=O)C(c3ccccc3)=CC2C=C1)OC(C)=O. The summed E-state index contributed by atoms with van der Waals surface area (Å²) in [6.07, 6.45) is 9.56. The van der Waals surface area contributed by atoms with Crippen LogP contribution in [0.2, 0.25) is 0 Å². The van der Waals surface area contributed by atoms with Crippen LogP contribution in [0.1, 0.15) is 31.7 Å². The largest absolute Gasteiger partial charge is 0.490 e. The normalized spacial score (nSPS) is 19.8. The van der Waals surface area contributed by atoms with Gasteiger partial charge in [0.2, 0.25) is 0 Å². The Morgan fingerprint density at radius 3 is 2.70 bits per heavy atom. The Morgan fingerprint density at radius 2 is 1.97 bits per heavy atom. The molecule has 0 fully saturated rings. The van der Waals surface area contributed by atoms with Crippen LogP contribution in [0.25, 0.3) is 5.57 Å². The molecule has 7 nitrogen and oxygen atoms in total. The third-order valence-corrected chi connectivity index (χ3v) is 5.20. The molecule has 0 aromatic heterocycles. The van der Waals surface area contributed by atoms with Crippen LogP contribution in [0.3, 0.4) is 0 Å². The number of carbonyl (C=O) groups excluding carboxylic acids is 3. The molecule has 1 aliphatic heterocycles. The molecular weight excluding hydrogens is 424 g/mol. The molecule has 0 amide bonds. The van der Waals surface area contributed by atoms with Gasteiger partial charge >= 0.3 is 17.9 Å². The first kappa shape index (κ1) is 24.0. The first-order chi connectivity index (χ1) is 16.0. The molecule has 3 unspecified atom stereocenters. The van der Waals surface area contributed by atoms with Crippen LogP contribution in [0.15, 0.2) is 73.1 Å². The van der Waals surface area contributed by atoms with Crippen molar-refractivity contribution in [1.82, 2.24) is 0 Å². The second kappa shape index (κ2) is 11.9. The zero-order valence-corrected chi connectivity index (χ0v) is 18.6. The van der Waals surface area contributed by atoms with Gasteiger partial charge < -0.3 is 18.9 Å². The molecule has 1 aromatic rings. The van der Waals surface area contributed by atoms with Gasteiger partial charge in [0.25, 0.3) is 0 Å². The van der Waals surface area contributed by atoms with Crippen LogP contribution in [0, 0.1) is 5.92 Å². The second-order valence-corrected chi connectivity index (χ2v) is 7.73. The summed E-state index contributed by atoms with van der Waals surface area (Å²) < 4.78 is 21.8. The van der Waals surface area contributed by atoms with E-state index in [0.29, 0.717) is 30.6 Å². The summed E-state index contributed by atoms with van der Waals surface area (Å²) in [5.41, 5.74) is 1.37. The van der Waals surface area contributed by atoms with Gasteiger partial charge in [0.15, 0.2) is 0 Å². The van der Waals surface area contributed by atoms with Crippen LogP contribution in [0.5, 0.6) is 0 Å². The molecule has 33 heavy (non-hydrogen) atoms. The fourth-order valence-corrected chi connectivity index (χ4v) is 3.59. The number of carbonyl (C=O) groups is 3. The van der Waals surface area contributed by atoms with E-state index in [-0.39, 0.29) is 25.1 Å². The van der Waals surface area contributed by atoms with E-state index >= 15 is 0 Å². The molecule has 0 radical (unpaired) electrons. The summed E-state index contributed by atoms with van der Waals surface area (Å²) in [6.45, 7) is 5.14. The Balaban J connectivity index is 1.53. The van der Waals surface area contributed by atoms with Crippen LogP contribution in [-0.4, -0.2) is 43.3 Å². The number of ether oxygens (including phenoxy) is 4. The van der Waals surface area contributed by atoms with Crippen molar-refractivity contribution >= 4 is 23.5 Å². The number of unbranched alkanes of at least 4 members (excludes halogenated alkanes) is 1. The third-order valence-electron chi connectivity index (χ3n) is 5.20. The fourth-order valence-electron chi connectivity index (χ4n) is 3.59. The quantitative estimate of drug-likeness (QED) is 0.218. The topological polar surface area (TPSA) is 88.1 Å². The first-order valence-corrected chi connectivity index (χ1v) is 10.9. The molecule has 1 aliphatic carbocycles. The van der Waals surface area contributed by atoms with E-state index in [4.69, 9.17) is 18.9 Å². The van der Waals surface area contributed by atoms with E-state index in [9.17, 15) is 14.4 Å². The Kier molecular flexibility index (Phi) is 8.63. The summed E-state index contributed by atoms with van der Waals surface area (Å²) in [6, 6.07) is 9.41. The number of benzene rings is 1. The van der Waals surface area contributed by atoms with E-state index in [1.807, 2.05) is 48.6 Å². The Morgan fingerprint density at radius 1 is 1.18 bits per heavy atom. The molecule has 3 atom stereocenters. The van der Waals surface area contributed by atoms with E-state index in [1.54, 1.807) is 6.08 Å². The molecule has 174 valence electrons. The zero-order valence-electron chi connectivity index (χ0n) is 18.6. The number of hydrogen-bond acceptors (Lipinski definition) is 7. The van der Waals surface area contributed by atoms with Gasteiger partial charge in [-0.1, -0.05) is 49.1 Å². The lowest BCUT2D eigenvalue weighted by atomic mass is 9.90. The van der Waals surface area contributed by atoms with Gasteiger partial charge in [-0.25, -0.2) is 9.59 Å². The maximum atomic E-state index is 12.5. The van der Waals surface area contributed by atoms with Gasteiger partial charge in [0, 0.05) is 18.9 Å². The number of esters is 3. The molecule has 3 rings (SSSR count). The highest BCUT2D eigenvalue weighted by Crippen LogP contribution is 2.31. The van der Waals surface area contributed by atoms with Crippen molar-refractivity contribution in [3.05, 3.63) is 78.6 Å². The molecule has 1 heterocycles. The Bertz CT molecular complexity index is 958. The third kappa shape index (κ3) is 7.20. The van der Waals surface area contributed by atoms with Crippen molar-refractivity contribution in [2.45, 2.75) is 38.4 Å². The predicted molar refractivity (Wildman–Crippen MR) is 122 cm³/mol. The lowest BCUT2D eigenvalue weighted by Crippen LogP contribution is -2.31. The Hall–Kier alpha value is -3.61. The lowest BCUT2D eigenvalue weighted by Gasteiger charge is -2.29. The van der Waals surface area contributed by atoms with Crippen LogP contribution >= 0.6 is 0 Å². The van der Waals surface area contributed by atoms with Crippen LogP contribution < -0.4 is 0 Å². The van der Waals surface area contributed by atoms with Gasteiger partial charge in [0.05, 0.1) is 12.2 Å². The molecule has 0 spiro atoms. The average molecular weight is 453 g/mol. The van der Waals surface area contributed by atoms with Gasteiger partial charge in [-0.3, -0.25) is 4.79 Å². The zero-order chi connectivity index (χ0) is 23.6. The molecule has 7 heteroatoms. The summed E-state index contributed by atoms with van der Waals surface area (Å²) >= 11 is 0. The lowest BCUT2D eigenvalue weighted by molar-refractivity contribution is -0.149. The monoisotopic (exact) mass is 452 g/mol. The van der Waals surface area contributed by atoms with Crippen molar-refractivity contribution in [3.63, 3.8) is 0 Å². The molecule has 0 saturated carbocycles. The van der Waals surface area contributed by atoms with Gasteiger partial charge in [-0.15, -0.1) is 0 Å². The fraction of sp³-hybridized carbons (Fsp3) is 0.346. The second-order valence-electron chi connectivity index (χ2n) is 7.73. The summed E-state index contributed by atoms with van der Waals surface area (Å²) in [4.78, 5) is 35.0. The van der Waals surface area contributed by atoms with Crippen LogP contribution in [-0.2, 0) is 33.3 Å². The molecule has 1 aromatic carbocycles. The molecule has 2 aliphatic rings. The summed E-state index contributed by atoms with van der Waals surface area (Å²) in [5.74, 6) is -0.748. The minimum absolute atomic E-state index is 0.0761. The molecule has 0 saturated heterocycles. The van der Waals surface area contributed by atoms with Crippen molar-refractivity contribution < 1.29 is 33.3 Å². The van der Waals surface area contributed by atoms with E-state index in [2.05, 4.69) is 6.58 Å². The summed E-state index contributed by atoms with van der Waals surface area (Å²) in [5, 5.41) is 0. The number of allylic oxidation sites excluding steroid dienone is 1. The van der Waals surface area contributed by atoms with Crippen molar-refractivity contribution in [2.24, 2.45) is 5.92 Å². The highest BCUT2D eigenvalue weighted by Gasteiger charge is 2.31. The summed E-state index contributed by atoms with van der Waals surface area (Å²) in [7, 11) is 0. The maximum Gasteiger partial charge on any atom is 0.339 e. The highest BCUT2D eigenvalue weighted by molar-refractivity contribution is 6.17. The van der Waals surface area contributed by atoms with Crippen molar-refractivity contribution in [3.8, 4) is 0 Å². The maximum absolute atomic E-state index is 12.5. The highest BCUT2D eigenvalue weighted by atomic mass is 16.6. The van der Waals surface area contributed by atoms with Gasteiger partial charge in [-0.2, -0.15) is 0 Å². The molecule has 0 N–H and O–H groups in total. The first-order valence-electron chi connectivity index (χ1n) is 10.9. The van der Waals surface area contributed by atoms with Crippen molar-refractivity contribution in [2.75, 3.05) is 13.2 Å². The molecule has 0 bridgehead atoms. The minimum atomic E-state index is -0.460. The molecular formula is C26H28O7. The standard InChI is InChI=1S/C26H28O7/c1-3-25(28)30-14-8-7-11-22(32-18(2)27)17-31-21-13-12-20-15-23(19-9-5-4-6-10-19)26(29)33-24(20)16-21/h3-6,9-10,12-13,15-16,20,22,24H,1,7-8,11,14,17H2,2H3. The average Bonchev–Trinajstić information content (AvgIpc) is 2.81. The van der Waals surface area contributed by atoms with Crippen molar-refractivity contribution in [1.29, 1.82) is 0 Å². The van der Waals surface area contributed by atoms with E-state index < -0.39 is 24.1 Å². The number of fused-ring (bicyclic) bond motifs is 1. The number of hydrogen-bond donors (Lipinski definition) is 0. The van der Waals surface area contributed by atoms with Gasteiger partial charge in [0.1, 0.15) is 24.6 Å². The van der Waals surface area contributed by atoms with E-state index in [0.717, 1.165) is 11.6 Å². The van der Waals surface area contributed by atoms with Gasteiger partial charge in [-0.05, 0) is 37.0 Å². The number of rotatable bonds is 11. The Labute approximate surface area is 193 Å².